The number of hydrogen-bond acceptors (Lipinski definition) is 3. The number of aromatic nitrogens is 2. The minimum absolute atomic E-state index is 0.527. The lowest BCUT2D eigenvalue weighted by Gasteiger charge is -2.08. The van der Waals surface area contributed by atoms with E-state index in [2.05, 4.69) is 48.5 Å². The maximum absolute atomic E-state index is 6.07. The Morgan fingerprint density at radius 2 is 2.00 bits per heavy atom. The topological polar surface area (TPSA) is 43.8 Å². The lowest BCUT2D eigenvalue weighted by molar-refractivity contribution is 1.10. The van der Waals surface area contributed by atoms with Crippen molar-refractivity contribution >= 4 is 28.7 Å². The number of nitrogens with zero attached hydrogens (tertiary/aromatic N) is 2. The summed E-state index contributed by atoms with van der Waals surface area (Å²) in [4.78, 5) is 5.63. The Balaban J connectivity index is 2.28. The Bertz CT molecular complexity index is 746. The molecule has 2 N–H and O–H groups in total. The maximum Gasteiger partial charge on any atom is 0.205 e. The number of rotatable bonds is 2. The van der Waals surface area contributed by atoms with Crippen molar-refractivity contribution < 1.29 is 0 Å². The van der Waals surface area contributed by atoms with Crippen LogP contribution >= 0.6 is 11.8 Å². The zero-order chi connectivity index (χ0) is 13.4. The monoisotopic (exact) mass is 269 g/mol. The van der Waals surface area contributed by atoms with Crippen molar-refractivity contribution in [3.8, 4) is 5.69 Å². The van der Waals surface area contributed by atoms with E-state index in [0.717, 1.165) is 16.7 Å². The van der Waals surface area contributed by atoms with Crippen LogP contribution in [-0.2, 0) is 0 Å². The van der Waals surface area contributed by atoms with Crippen LogP contribution in [0.4, 0.5) is 5.95 Å². The van der Waals surface area contributed by atoms with Gasteiger partial charge in [0.2, 0.25) is 5.95 Å². The Hall–Kier alpha value is -1.94. The first-order valence-electron chi connectivity index (χ1n) is 6.08. The van der Waals surface area contributed by atoms with Crippen LogP contribution in [0.25, 0.3) is 16.7 Å². The van der Waals surface area contributed by atoms with E-state index >= 15 is 0 Å². The summed E-state index contributed by atoms with van der Waals surface area (Å²) >= 11 is 1.72. The molecule has 0 spiro atoms. The number of benzene rings is 2. The largest absolute Gasteiger partial charge is 0.369 e. The number of thioether (sulfide) groups is 1. The fraction of sp³-hybridized carbons (Fsp3) is 0.133. The summed E-state index contributed by atoms with van der Waals surface area (Å²) < 4.78 is 2.00. The highest BCUT2D eigenvalue weighted by Gasteiger charge is 2.10. The quantitative estimate of drug-likeness (QED) is 0.722. The van der Waals surface area contributed by atoms with E-state index in [1.165, 1.54) is 10.5 Å². The number of nitrogen functional groups attached to an aromatic ring is 1. The minimum Gasteiger partial charge on any atom is -0.369 e. The van der Waals surface area contributed by atoms with Gasteiger partial charge in [-0.15, -0.1) is 11.8 Å². The molecular formula is C15H15N3S. The van der Waals surface area contributed by atoms with Gasteiger partial charge < -0.3 is 5.73 Å². The van der Waals surface area contributed by atoms with Gasteiger partial charge in [0.1, 0.15) is 0 Å². The predicted octanol–water partition coefficient (Wildman–Crippen LogP) is 3.64. The zero-order valence-electron chi connectivity index (χ0n) is 10.9. The third kappa shape index (κ3) is 2.08. The molecule has 1 heterocycles. The molecule has 0 aliphatic rings. The molecule has 0 radical (unpaired) electrons. The number of hydrogen-bond donors (Lipinski definition) is 1. The molecular weight excluding hydrogens is 254 g/mol. The normalized spacial score (nSPS) is 11.1. The van der Waals surface area contributed by atoms with Gasteiger partial charge in [0.15, 0.2) is 0 Å². The molecule has 0 aliphatic heterocycles. The Labute approximate surface area is 116 Å². The van der Waals surface area contributed by atoms with Crippen molar-refractivity contribution in [2.45, 2.75) is 11.8 Å². The smallest absolute Gasteiger partial charge is 0.205 e. The molecule has 3 nitrogen and oxygen atoms in total. The van der Waals surface area contributed by atoms with Crippen LogP contribution in [-0.4, -0.2) is 15.8 Å². The second-order valence-electron chi connectivity index (χ2n) is 4.50. The number of nitrogens with two attached hydrogens (primary N) is 1. The summed E-state index contributed by atoms with van der Waals surface area (Å²) in [5.41, 5.74) is 10.3. The molecule has 0 amide bonds. The van der Waals surface area contributed by atoms with Crippen LogP contribution in [0.5, 0.6) is 0 Å². The van der Waals surface area contributed by atoms with Gasteiger partial charge in [-0.05, 0) is 49.1 Å². The first-order chi connectivity index (χ1) is 9.19. The number of anilines is 1. The molecule has 0 saturated heterocycles. The summed E-state index contributed by atoms with van der Waals surface area (Å²) in [6.45, 7) is 2.07. The highest BCUT2D eigenvalue weighted by atomic mass is 32.2. The predicted molar refractivity (Wildman–Crippen MR) is 82.0 cm³/mol. The standard InChI is InChI=1S/C15H15N3S/c1-10-6-7-13-14(8-10)18(15(16)17-13)11-4-3-5-12(9-11)19-2/h3-9H,1-2H3,(H2,16,17). The van der Waals surface area contributed by atoms with E-state index in [9.17, 15) is 0 Å². The molecule has 0 fully saturated rings. The van der Waals surface area contributed by atoms with Crippen molar-refractivity contribution in [3.63, 3.8) is 0 Å². The molecule has 0 aliphatic carbocycles. The van der Waals surface area contributed by atoms with Crippen LogP contribution in [0.2, 0.25) is 0 Å². The molecule has 0 unspecified atom stereocenters. The lowest BCUT2D eigenvalue weighted by atomic mass is 10.2. The molecule has 0 atom stereocenters. The fourth-order valence-electron chi connectivity index (χ4n) is 2.22. The van der Waals surface area contributed by atoms with Crippen molar-refractivity contribution in [1.29, 1.82) is 0 Å². The van der Waals surface area contributed by atoms with Crippen LogP contribution in [0, 0.1) is 6.92 Å². The van der Waals surface area contributed by atoms with Crippen LogP contribution in [0.15, 0.2) is 47.4 Å². The molecule has 2 aromatic carbocycles. The van der Waals surface area contributed by atoms with E-state index in [4.69, 9.17) is 5.73 Å². The van der Waals surface area contributed by atoms with Gasteiger partial charge in [0, 0.05) is 4.90 Å². The summed E-state index contributed by atoms with van der Waals surface area (Å²) in [5, 5.41) is 0. The molecule has 3 rings (SSSR count). The maximum atomic E-state index is 6.07. The van der Waals surface area contributed by atoms with Gasteiger partial charge in [-0.25, -0.2) is 4.98 Å². The SMILES string of the molecule is CSc1cccc(-n2c(N)nc3ccc(C)cc32)c1. The Morgan fingerprint density at radius 1 is 1.16 bits per heavy atom. The molecule has 96 valence electrons. The second-order valence-corrected chi connectivity index (χ2v) is 5.38. The average molecular weight is 269 g/mol. The molecule has 0 saturated carbocycles. The molecule has 3 aromatic rings. The molecule has 0 bridgehead atoms. The van der Waals surface area contributed by atoms with E-state index < -0.39 is 0 Å². The Kier molecular flexibility index (Phi) is 2.95. The lowest BCUT2D eigenvalue weighted by Crippen LogP contribution is -2.00. The number of aryl methyl sites for hydroxylation is 1. The van der Waals surface area contributed by atoms with E-state index in [1.54, 1.807) is 11.8 Å². The van der Waals surface area contributed by atoms with E-state index in [-0.39, 0.29) is 0 Å². The van der Waals surface area contributed by atoms with E-state index in [0.29, 0.717) is 5.95 Å². The third-order valence-corrected chi connectivity index (χ3v) is 3.87. The molecule has 19 heavy (non-hydrogen) atoms. The molecule has 1 aromatic heterocycles. The van der Waals surface area contributed by atoms with Gasteiger partial charge in [-0.2, -0.15) is 0 Å². The number of fused-ring (bicyclic) bond motifs is 1. The van der Waals surface area contributed by atoms with Crippen molar-refractivity contribution in [2.24, 2.45) is 0 Å². The van der Waals surface area contributed by atoms with Crippen LogP contribution in [0.1, 0.15) is 5.56 Å². The van der Waals surface area contributed by atoms with Crippen molar-refractivity contribution in [2.75, 3.05) is 12.0 Å². The average Bonchev–Trinajstić information content (AvgIpc) is 2.74. The van der Waals surface area contributed by atoms with Gasteiger partial charge in [-0.1, -0.05) is 12.1 Å². The van der Waals surface area contributed by atoms with Gasteiger partial charge in [0.25, 0.3) is 0 Å². The first-order valence-corrected chi connectivity index (χ1v) is 7.30. The highest BCUT2D eigenvalue weighted by Crippen LogP contribution is 2.26. The van der Waals surface area contributed by atoms with Gasteiger partial charge >= 0.3 is 0 Å². The van der Waals surface area contributed by atoms with Crippen molar-refractivity contribution in [3.05, 3.63) is 48.0 Å². The van der Waals surface area contributed by atoms with Gasteiger partial charge in [-0.3, -0.25) is 4.57 Å². The Morgan fingerprint density at radius 3 is 2.79 bits per heavy atom. The number of imidazole rings is 1. The summed E-state index contributed by atoms with van der Waals surface area (Å²) in [6, 6.07) is 14.5. The van der Waals surface area contributed by atoms with Crippen LogP contribution in [0.3, 0.4) is 0 Å². The first kappa shape index (κ1) is 12.1. The van der Waals surface area contributed by atoms with Crippen molar-refractivity contribution in [1.82, 2.24) is 9.55 Å². The van der Waals surface area contributed by atoms with E-state index in [1.807, 2.05) is 16.7 Å². The summed E-state index contributed by atoms with van der Waals surface area (Å²) in [6.07, 6.45) is 2.07. The highest BCUT2D eigenvalue weighted by molar-refractivity contribution is 7.98. The minimum atomic E-state index is 0.527. The summed E-state index contributed by atoms with van der Waals surface area (Å²) in [5.74, 6) is 0.527. The second kappa shape index (κ2) is 4.63. The van der Waals surface area contributed by atoms with Crippen LogP contribution < -0.4 is 5.73 Å². The third-order valence-electron chi connectivity index (χ3n) is 3.15. The summed E-state index contributed by atoms with van der Waals surface area (Å²) in [7, 11) is 0. The van der Waals surface area contributed by atoms with Gasteiger partial charge in [0.05, 0.1) is 16.7 Å². The zero-order valence-corrected chi connectivity index (χ0v) is 11.7. The molecule has 4 heteroatoms. The fourth-order valence-corrected chi connectivity index (χ4v) is 2.68.